The molecule has 0 atom stereocenters. The first kappa shape index (κ1) is 15.0. The van der Waals surface area contributed by atoms with Crippen LogP contribution < -0.4 is 5.32 Å². The molecule has 0 aromatic heterocycles. The number of amides is 1. The Balaban J connectivity index is 2.27. The van der Waals surface area contributed by atoms with Gasteiger partial charge in [0.05, 0.1) is 11.3 Å². The number of rotatable bonds is 2. The molecule has 2 aromatic rings. The Kier molecular flexibility index (Phi) is 3.97. The van der Waals surface area contributed by atoms with Crippen molar-refractivity contribution < 1.29 is 22.4 Å². The molecule has 1 amide bonds. The molecular weight excluding hydrogens is 286 g/mol. The van der Waals surface area contributed by atoms with E-state index < -0.39 is 23.5 Å². The van der Waals surface area contributed by atoms with Crippen molar-refractivity contribution in [1.82, 2.24) is 0 Å². The van der Waals surface area contributed by atoms with Crippen molar-refractivity contribution in [2.45, 2.75) is 13.1 Å². The molecule has 21 heavy (non-hydrogen) atoms. The quantitative estimate of drug-likeness (QED) is 0.818. The summed E-state index contributed by atoms with van der Waals surface area (Å²) in [5, 5.41) is 2.26. The van der Waals surface area contributed by atoms with Crippen LogP contribution in [0.1, 0.15) is 21.5 Å². The zero-order valence-electron chi connectivity index (χ0n) is 11.0. The van der Waals surface area contributed by atoms with E-state index in [9.17, 15) is 22.4 Å². The standard InChI is InChI=1S/C15H11F4NO/c1-9-5-6-12(16)13(7-9)20-14(21)10-3-2-4-11(8-10)15(17,18)19/h2-8H,1H3,(H,20,21). The highest BCUT2D eigenvalue weighted by atomic mass is 19.4. The van der Waals surface area contributed by atoms with E-state index in [1.807, 2.05) is 0 Å². The van der Waals surface area contributed by atoms with Gasteiger partial charge in [0.25, 0.3) is 5.91 Å². The predicted molar refractivity (Wildman–Crippen MR) is 70.5 cm³/mol. The van der Waals surface area contributed by atoms with Crippen molar-refractivity contribution in [3.05, 3.63) is 65.0 Å². The van der Waals surface area contributed by atoms with Crippen LogP contribution in [0.15, 0.2) is 42.5 Å². The maximum atomic E-state index is 13.5. The van der Waals surface area contributed by atoms with Crippen molar-refractivity contribution in [1.29, 1.82) is 0 Å². The number of nitrogens with one attached hydrogen (secondary N) is 1. The molecule has 0 bridgehead atoms. The number of hydrogen-bond acceptors (Lipinski definition) is 1. The van der Waals surface area contributed by atoms with E-state index in [-0.39, 0.29) is 11.3 Å². The molecule has 0 radical (unpaired) electrons. The number of aryl methyl sites for hydroxylation is 1. The Morgan fingerprint density at radius 3 is 2.48 bits per heavy atom. The molecule has 0 aliphatic rings. The Hall–Kier alpha value is -2.37. The van der Waals surface area contributed by atoms with Crippen molar-refractivity contribution in [3.63, 3.8) is 0 Å². The summed E-state index contributed by atoms with van der Waals surface area (Å²) in [6.07, 6.45) is -4.54. The van der Waals surface area contributed by atoms with Gasteiger partial charge in [-0.05, 0) is 42.8 Å². The van der Waals surface area contributed by atoms with Crippen LogP contribution in [0, 0.1) is 12.7 Å². The van der Waals surface area contributed by atoms with Crippen LogP contribution >= 0.6 is 0 Å². The molecule has 2 aromatic carbocycles. The van der Waals surface area contributed by atoms with Crippen LogP contribution in [0.25, 0.3) is 0 Å². The summed E-state index contributed by atoms with van der Waals surface area (Å²) < 4.78 is 51.3. The Labute approximate surface area is 118 Å². The van der Waals surface area contributed by atoms with Crippen LogP contribution in [0.5, 0.6) is 0 Å². The first-order valence-corrected chi connectivity index (χ1v) is 6.02. The number of benzene rings is 2. The van der Waals surface area contributed by atoms with Gasteiger partial charge in [-0.15, -0.1) is 0 Å². The third-order valence-electron chi connectivity index (χ3n) is 2.82. The lowest BCUT2D eigenvalue weighted by Crippen LogP contribution is -2.14. The van der Waals surface area contributed by atoms with Crippen LogP contribution in [0.3, 0.4) is 0 Å². The Morgan fingerprint density at radius 1 is 1.10 bits per heavy atom. The zero-order valence-corrected chi connectivity index (χ0v) is 11.0. The summed E-state index contributed by atoms with van der Waals surface area (Å²) in [7, 11) is 0. The highest BCUT2D eigenvalue weighted by Crippen LogP contribution is 2.29. The number of hydrogen-bond donors (Lipinski definition) is 1. The second-order valence-electron chi connectivity index (χ2n) is 4.52. The molecule has 2 nitrogen and oxygen atoms in total. The van der Waals surface area contributed by atoms with E-state index in [1.54, 1.807) is 6.92 Å². The summed E-state index contributed by atoms with van der Waals surface area (Å²) in [4.78, 5) is 11.9. The normalized spacial score (nSPS) is 11.3. The van der Waals surface area contributed by atoms with Crippen molar-refractivity contribution in [2.75, 3.05) is 5.32 Å². The summed E-state index contributed by atoms with van der Waals surface area (Å²) in [6, 6.07) is 8.06. The van der Waals surface area contributed by atoms with Crippen LogP contribution in [0.2, 0.25) is 0 Å². The molecule has 2 rings (SSSR count). The fraction of sp³-hybridized carbons (Fsp3) is 0.133. The second kappa shape index (κ2) is 5.55. The number of halogens is 4. The number of alkyl halides is 3. The number of carbonyl (C=O) groups excluding carboxylic acids is 1. The van der Waals surface area contributed by atoms with Gasteiger partial charge in [-0.2, -0.15) is 13.2 Å². The largest absolute Gasteiger partial charge is 0.416 e. The lowest BCUT2D eigenvalue weighted by atomic mass is 10.1. The molecule has 6 heteroatoms. The fourth-order valence-electron chi connectivity index (χ4n) is 1.77. The van der Waals surface area contributed by atoms with Gasteiger partial charge in [-0.25, -0.2) is 4.39 Å². The van der Waals surface area contributed by atoms with Gasteiger partial charge in [-0.3, -0.25) is 4.79 Å². The average Bonchev–Trinajstić information content (AvgIpc) is 2.42. The third kappa shape index (κ3) is 3.59. The summed E-state index contributed by atoms with van der Waals surface area (Å²) in [5.41, 5.74) is -0.473. The third-order valence-corrected chi connectivity index (χ3v) is 2.82. The first-order valence-electron chi connectivity index (χ1n) is 6.02. The van der Waals surface area contributed by atoms with Crippen LogP contribution in [0.4, 0.5) is 23.2 Å². The summed E-state index contributed by atoms with van der Waals surface area (Å²) in [5.74, 6) is -1.45. The predicted octanol–water partition coefficient (Wildman–Crippen LogP) is 4.41. The molecule has 0 unspecified atom stereocenters. The smallest absolute Gasteiger partial charge is 0.319 e. The number of anilines is 1. The lowest BCUT2D eigenvalue weighted by Gasteiger charge is -2.10. The van der Waals surface area contributed by atoms with E-state index in [0.29, 0.717) is 0 Å². The molecule has 0 aliphatic heterocycles. The maximum Gasteiger partial charge on any atom is 0.416 e. The van der Waals surface area contributed by atoms with Gasteiger partial charge in [0.1, 0.15) is 5.82 Å². The van der Waals surface area contributed by atoms with Gasteiger partial charge in [-0.1, -0.05) is 12.1 Å². The van der Waals surface area contributed by atoms with E-state index in [4.69, 9.17) is 0 Å². The molecule has 0 saturated heterocycles. The molecule has 1 N–H and O–H groups in total. The van der Waals surface area contributed by atoms with Crippen LogP contribution in [-0.2, 0) is 6.18 Å². The first-order chi connectivity index (χ1) is 9.77. The molecule has 0 heterocycles. The summed E-state index contributed by atoms with van der Waals surface area (Å²) in [6.45, 7) is 1.71. The Bertz CT molecular complexity index is 680. The van der Waals surface area contributed by atoms with E-state index in [2.05, 4.69) is 5.32 Å². The fourth-order valence-corrected chi connectivity index (χ4v) is 1.77. The highest BCUT2D eigenvalue weighted by molar-refractivity contribution is 6.04. The molecule has 0 aliphatic carbocycles. The van der Waals surface area contributed by atoms with Gasteiger partial charge in [0, 0.05) is 5.56 Å². The lowest BCUT2D eigenvalue weighted by molar-refractivity contribution is -0.137. The molecule has 0 saturated carbocycles. The Morgan fingerprint density at radius 2 is 1.81 bits per heavy atom. The minimum absolute atomic E-state index is 0.0718. The van der Waals surface area contributed by atoms with Crippen molar-refractivity contribution >= 4 is 11.6 Å². The van der Waals surface area contributed by atoms with Crippen molar-refractivity contribution in [3.8, 4) is 0 Å². The van der Waals surface area contributed by atoms with E-state index >= 15 is 0 Å². The second-order valence-corrected chi connectivity index (χ2v) is 4.52. The molecule has 0 spiro atoms. The maximum absolute atomic E-state index is 13.5. The van der Waals surface area contributed by atoms with Gasteiger partial charge < -0.3 is 5.32 Å². The minimum atomic E-state index is -4.54. The van der Waals surface area contributed by atoms with Gasteiger partial charge >= 0.3 is 6.18 Å². The summed E-state index contributed by atoms with van der Waals surface area (Å²) >= 11 is 0. The number of carbonyl (C=O) groups is 1. The van der Waals surface area contributed by atoms with Gasteiger partial charge in [0.2, 0.25) is 0 Å². The minimum Gasteiger partial charge on any atom is -0.319 e. The topological polar surface area (TPSA) is 29.1 Å². The van der Waals surface area contributed by atoms with Gasteiger partial charge in [0.15, 0.2) is 0 Å². The SMILES string of the molecule is Cc1ccc(F)c(NC(=O)c2cccc(C(F)(F)F)c2)c1. The zero-order chi connectivity index (χ0) is 15.6. The van der Waals surface area contributed by atoms with E-state index in [0.717, 1.165) is 23.8 Å². The molecule has 0 fully saturated rings. The van der Waals surface area contributed by atoms with E-state index in [1.165, 1.54) is 24.3 Å². The van der Waals surface area contributed by atoms with Crippen molar-refractivity contribution in [2.24, 2.45) is 0 Å². The average molecular weight is 297 g/mol. The monoisotopic (exact) mass is 297 g/mol. The molecule has 110 valence electrons. The highest BCUT2D eigenvalue weighted by Gasteiger charge is 2.30. The van der Waals surface area contributed by atoms with Crippen LogP contribution in [-0.4, -0.2) is 5.91 Å². The molecular formula is C15H11F4NO.